The van der Waals surface area contributed by atoms with Crippen molar-refractivity contribution in [2.24, 2.45) is 0 Å². The molecule has 0 bridgehead atoms. The summed E-state index contributed by atoms with van der Waals surface area (Å²) in [5.74, 6) is 4.63. The van der Waals surface area contributed by atoms with E-state index in [1.807, 2.05) is 30.3 Å². The summed E-state index contributed by atoms with van der Waals surface area (Å²) >= 11 is 5.91. The van der Waals surface area contributed by atoms with Crippen molar-refractivity contribution in [1.29, 1.82) is 0 Å². The Kier molecular flexibility index (Phi) is 6.87. The third-order valence-electron chi connectivity index (χ3n) is 3.17. The number of nitrogens with one attached hydrogen (secondary N) is 1. The first-order valence-corrected chi connectivity index (χ1v) is 7.86. The van der Waals surface area contributed by atoms with E-state index < -0.39 is 12.1 Å². The summed E-state index contributed by atoms with van der Waals surface area (Å²) in [5.41, 5.74) is 1.98. The molecule has 2 N–H and O–H groups in total. The average Bonchev–Trinajstić information content (AvgIpc) is 2.59. The minimum atomic E-state index is -0.951. The van der Waals surface area contributed by atoms with Gasteiger partial charge in [0.25, 0.3) is 0 Å². The maximum absolute atomic E-state index is 11.6. The summed E-state index contributed by atoms with van der Waals surface area (Å²) in [5, 5.41) is 11.9. The largest absolute Gasteiger partial charge is 0.481 e. The molecule has 0 aromatic heterocycles. The van der Waals surface area contributed by atoms with Gasteiger partial charge in [0.05, 0.1) is 13.0 Å². The second-order valence-electron chi connectivity index (χ2n) is 5.09. The molecule has 0 fully saturated rings. The topological polar surface area (TPSA) is 75.6 Å². The number of carbonyl (C=O) groups is 2. The first kappa shape index (κ1) is 18.4. The van der Waals surface area contributed by atoms with Gasteiger partial charge >= 0.3 is 12.1 Å². The molecule has 0 aliphatic rings. The lowest BCUT2D eigenvalue weighted by atomic mass is 10.1. The molecule has 2 aromatic carbocycles. The molecular weight excluding hydrogens is 342 g/mol. The van der Waals surface area contributed by atoms with Crippen molar-refractivity contribution < 1.29 is 19.4 Å². The second kappa shape index (κ2) is 9.36. The van der Waals surface area contributed by atoms with Crippen molar-refractivity contribution in [2.75, 3.05) is 6.54 Å². The van der Waals surface area contributed by atoms with Gasteiger partial charge in [-0.15, -0.1) is 0 Å². The summed E-state index contributed by atoms with van der Waals surface area (Å²) in [4.78, 5) is 22.5. The Morgan fingerprint density at radius 2 is 1.92 bits per heavy atom. The van der Waals surface area contributed by atoms with E-state index in [0.29, 0.717) is 16.1 Å². The van der Waals surface area contributed by atoms with Crippen LogP contribution in [0.25, 0.3) is 0 Å². The molecule has 2 aromatic rings. The number of amides is 1. The molecule has 5 nitrogen and oxygen atoms in total. The zero-order valence-electron chi connectivity index (χ0n) is 13.3. The lowest BCUT2D eigenvalue weighted by Gasteiger charge is -2.04. The zero-order valence-corrected chi connectivity index (χ0v) is 14.0. The molecule has 0 aliphatic heterocycles. The zero-order chi connectivity index (χ0) is 18.1. The van der Waals surface area contributed by atoms with Crippen molar-refractivity contribution >= 4 is 23.7 Å². The number of aliphatic carboxylic acids is 1. The molecule has 25 heavy (non-hydrogen) atoms. The third-order valence-corrected chi connectivity index (χ3v) is 3.41. The lowest BCUT2D eigenvalue weighted by molar-refractivity contribution is -0.136. The van der Waals surface area contributed by atoms with E-state index in [1.165, 1.54) is 0 Å². The van der Waals surface area contributed by atoms with Gasteiger partial charge < -0.3 is 15.2 Å². The smallest absolute Gasteiger partial charge is 0.408 e. The monoisotopic (exact) mass is 357 g/mol. The standard InChI is InChI=1S/C19H16ClNO4/c20-17-9-8-16(12-18(22)23)15(11-17)7-4-10-21-19(24)25-13-14-5-2-1-3-6-14/h1-3,5-6,8-9,11H,10,12-13H2,(H,21,24)(H,22,23). The van der Waals surface area contributed by atoms with Crippen LogP contribution in [0.4, 0.5) is 4.79 Å². The van der Waals surface area contributed by atoms with Crippen molar-refractivity contribution in [3.8, 4) is 11.8 Å². The molecule has 0 heterocycles. The fraction of sp³-hybridized carbons (Fsp3) is 0.158. The fourth-order valence-electron chi connectivity index (χ4n) is 2.01. The van der Waals surface area contributed by atoms with E-state index in [1.54, 1.807) is 18.2 Å². The number of rotatable bonds is 5. The average molecular weight is 358 g/mol. The molecule has 0 radical (unpaired) electrons. The Hall–Kier alpha value is -2.97. The van der Waals surface area contributed by atoms with E-state index in [4.69, 9.17) is 21.4 Å². The molecule has 0 aliphatic carbocycles. The minimum Gasteiger partial charge on any atom is -0.481 e. The Morgan fingerprint density at radius 1 is 1.16 bits per heavy atom. The number of carboxylic acids is 1. The van der Waals surface area contributed by atoms with Crippen molar-refractivity contribution in [1.82, 2.24) is 5.32 Å². The van der Waals surface area contributed by atoms with Crippen molar-refractivity contribution in [3.05, 3.63) is 70.2 Å². The van der Waals surface area contributed by atoms with Gasteiger partial charge in [-0.2, -0.15) is 0 Å². The van der Waals surface area contributed by atoms with Crippen LogP contribution in [-0.4, -0.2) is 23.7 Å². The highest BCUT2D eigenvalue weighted by Crippen LogP contribution is 2.16. The number of hydrogen-bond donors (Lipinski definition) is 2. The van der Waals surface area contributed by atoms with E-state index in [-0.39, 0.29) is 19.6 Å². The molecule has 0 saturated carbocycles. The molecule has 1 amide bonds. The Morgan fingerprint density at radius 3 is 2.64 bits per heavy atom. The quantitative estimate of drug-likeness (QED) is 0.805. The number of carbonyl (C=O) groups excluding carboxylic acids is 1. The van der Waals surface area contributed by atoms with Crippen LogP contribution < -0.4 is 5.32 Å². The molecule has 128 valence electrons. The van der Waals surface area contributed by atoms with Crippen LogP contribution in [0.5, 0.6) is 0 Å². The molecule has 0 unspecified atom stereocenters. The van der Waals surface area contributed by atoms with Crippen LogP contribution in [0.3, 0.4) is 0 Å². The van der Waals surface area contributed by atoms with Gasteiger partial charge in [0.2, 0.25) is 0 Å². The Labute approximate surface area is 150 Å². The van der Waals surface area contributed by atoms with E-state index in [0.717, 1.165) is 5.56 Å². The Balaban J connectivity index is 1.86. The molecule has 0 atom stereocenters. The van der Waals surface area contributed by atoms with Gasteiger partial charge in [0, 0.05) is 10.6 Å². The third kappa shape index (κ3) is 6.58. The normalized spacial score (nSPS) is 9.64. The highest BCUT2D eigenvalue weighted by atomic mass is 35.5. The van der Waals surface area contributed by atoms with Gasteiger partial charge in [0.15, 0.2) is 0 Å². The summed E-state index contributed by atoms with van der Waals surface area (Å²) in [6, 6.07) is 14.2. The summed E-state index contributed by atoms with van der Waals surface area (Å²) in [6.45, 7) is 0.254. The maximum Gasteiger partial charge on any atom is 0.408 e. The number of carboxylic acid groups (broad SMARTS) is 1. The maximum atomic E-state index is 11.6. The van der Waals surface area contributed by atoms with E-state index in [9.17, 15) is 9.59 Å². The van der Waals surface area contributed by atoms with Gasteiger partial charge in [-0.3, -0.25) is 4.79 Å². The molecule has 0 saturated heterocycles. The highest BCUT2D eigenvalue weighted by Gasteiger charge is 2.06. The minimum absolute atomic E-state index is 0.0760. The van der Waals surface area contributed by atoms with Crippen LogP contribution in [0.15, 0.2) is 48.5 Å². The second-order valence-corrected chi connectivity index (χ2v) is 5.53. The number of alkyl carbamates (subject to hydrolysis) is 1. The first-order chi connectivity index (χ1) is 12.0. The van der Waals surface area contributed by atoms with Crippen LogP contribution in [-0.2, 0) is 22.6 Å². The molecule has 0 spiro atoms. The lowest BCUT2D eigenvalue weighted by Crippen LogP contribution is -2.24. The van der Waals surface area contributed by atoms with Crippen LogP contribution >= 0.6 is 11.6 Å². The number of halogens is 1. The fourth-order valence-corrected chi connectivity index (χ4v) is 2.18. The molecular formula is C19H16ClNO4. The van der Waals surface area contributed by atoms with E-state index in [2.05, 4.69) is 17.2 Å². The van der Waals surface area contributed by atoms with Gasteiger partial charge in [-0.05, 0) is 23.3 Å². The summed E-state index contributed by atoms with van der Waals surface area (Å²) < 4.78 is 5.06. The predicted octanol–water partition coefficient (Wildman–Crippen LogP) is 3.25. The highest BCUT2D eigenvalue weighted by molar-refractivity contribution is 6.30. The number of hydrogen-bond acceptors (Lipinski definition) is 3. The van der Waals surface area contributed by atoms with Gasteiger partial charge in [-0.1, -0.05) is 59.8 Å². The van der Waals surface area contributed by atoms with Crippen LogP contribution in [0.1, 0.15) is 16.7 Å². The molecule has 6 heteroatoms. The predicted molar refractivity (Wildman–Crippen MR) is 94.3 cm³/mol. The van der Waals surface area contributed by atoms with Gasteiger partial charge in [0.1, 0.15) is 6.61 Å². The first-order valence-electron chi connectivity index (χ1n) is 7.48. The molecule has 2 rings (SSSR count). The SMILES string of the molecule is O=C(O)Cc1ccc(Cl)cc1C#CCNC(=O)OCc1ccccc1. The number of ether oxygens (including phenoxy) is 1. The van der Waals surface area contributed by atoms with Crippen LogP contribution in [0.2, 0.25) is 5.02 Å². The van der Waals surface area contributed by atoms with Crippen molar-refractivity contribution in [2.45, 2.75) is 13.0 Å². The van der Waals surface area contributed by atoms with Crippen molar-refractivity contribution in [3.63, 3.8) is 0 Å². The van der Waals surface area contributed by atoms with Crippen LogP contribution in [0, 0.1) is 11.8 Å². The Bertz CT molecular complexity index is 809. The summed E-state index contributed by atoms with van der Waals surface area (Å²) in [6.07, 6.45) is -0.719. The van der Waals surface area contributed by atoms with Gasteiger partial charge in [-0.25, -0.2) is 4.79 Å². The van der Waals surface area contributed by atoms with E-state index >= 15 is 0 Å². The summed E-state index contributed by atoms with van der Waals surface area (Å²) in [7, 11) is 0. The number of benzene rings is 2.